The van der Waals surface area contributed by atoms with Gasteiger partial charge in [-0.05, 0) is 37.0 Å². The predicted octanol–water partition coefficient (Wildman–Crippen LogP) is 2.04. The molecule has 0 heterocycles. The van der Waals surface area contributed by atoms with E-state index in [-0.39, 0.29) is 0 Å². The van der Waals surface area contributed by atoms with Crippen LogP contribution < -0.4 is 0 Å². The Labute approximate surface area is 66.6 Å². The number of carboxylic acid groups (broad SMARTS) is 1. The first kappa shape index (κ1) is 7.14. The summed E-state index contributed by atoms with van der Waals surface area (Å²) in [6, 6.07) is 0. The van der Waals surface area contributed by atoms with Crippen LogP contribution in [0.4, 0.5) is 0 Å². The molecule has 0 unspecified atom stereocenters. The molecule has 2 rings (SSSR count). The van der Waals surface area contributed by atoms with Gasteiger partial charge in [0.05, 0.1) is 0 Å². The number of carboxylic acids is 1. The van der Waals surface area contributed by atoms with Gasteiger partial charge < -0.3 is 5.11 Å². The van der Waals surface area contributed by atoms with Crippen molar-refractivity contribution < 1.29 is 9.90 Å². The molecule has 1 spiro atoms. The monoisotopic (exact) mass is 154 g/mol. The van der Waals surface area contributed by atoms with Gasteiger partial charge in [0.2, 0.25) is 0 Å². The topological polar surface area (TPSA) is 37.3 Å². The molecule has 2 aliphatic carbocycles. The quantitative estimate of drug-likeness (QED) is 0.660. The van der Waals surface area contributed by atoms with Crippen LogP contribution in [0.1, 0.15) is 38.5 Å². The molecular weight excluding hydrogens is 140 g/mol. The molecule has 0 aromatic rings. The molecule has 2 aliphatic rings. The molecule has 2 heteroatoms. The Balaban J connectivity index is 1.75. The molecule has 0 atom stereocenters. The largest absolute Gasteiger partial charge is 0.481 e. The molecule has 0 bridgehead atoms. The van der Waals surface area contributed by atoms with Gasteiger partial charge >= 0.3 is 5.97 Å². The van der Waals surface area contributed by atoms with E-state index in [0.717, 1.165) is 0 Å². The number of rotatable bonds is 2. The van der Waals surface area contributed by atoms with Crippen molar-refractivity contribution in [1.29, 1.82) is 0 Å². The smallest absolute Gasteiger partial charge is 0.303 e. The number of carbonyl (C=O) groups is 1. The molecule has 2 nitrogen and oxygen atoms in total. The first-order valence-electron chi connectivity index (χ1n) is 4.42. The van der Waals surface area contributed by atoms with Gasteiger partial charge in [0.25, 0.3) is 0 Å². The Kier molecular flexibility index (Phi) is 1.44. The van der Waals surface area contributed by atoms with E-state index in [0.29, 0.717) is 17.8 Å². The molecule has 62 valence electrons. The van der Waals surface area contributed by atoms with Crippen molar-refractivity contribution in [3.63, 3.8) is 0 Å². The van der Waals surface area contributed by atoms with Crippen LogP contribution in [0.2, 0.25) is 0 Å². The van der Waals surface area contributed by atoms with Crippen LogP contribution in [0.25, 0.3) is 0 Å². The Hall–Kier alpha value is -0.530. The maximum atomic E-state index is 10.3. The summed E-state index contributed by atoms with van der Waals surface area (Å²) in [5.74, 6) is -0.114. The third kappa shape index (κ3) is 1.15. The fraction of sp³-hybridized carbons (Fsp3) is 0.889. The summed E-state index contributed by atoms with van der Waals surface area (Å²) in [5.41, 5.74) is 0.639. The average Bonchev–Trinajstić information content (AvgIpc) is 1.71. The molecule has 0 aromatic heterocycles. The van der Waals surface area contributed by atoms with E-state index in [9.17, 15) is 4.79 Å². The predicted molar refractivity (Wildman–Crippen MR) is 41.3 cm³/mol. The van der Waals surface area contributed by atoms with Crippen molar-refractivity contribution in [1.82, 2.24) is 0 Å². The van der Waals surface area contributed by atoms with Gasteiger partial charge in [0, 0.05) is 6.42 Å². The minimum Gasteiger partial charge on any atom is -0.481 e. The normalized spacial score (nSPS) is 27.6. The van der Waals surface area contributed by atoms with Crippen LogP contribution in [0.5, 0.6) is 0 Å². The Morgan fingerprint density at radius 3 is 2.45 bits per heavy atom. The van der Waals surface area contributed by atoms with Crippen molar-refractivity contribution in [3.05, 3.63) is 0 Å². The van der Waals surface area contributed by atoms with Crippen molar-refractivity contribution in [2.75, 3.05) is 0 Å². The summed E-state index contributed by atoms with van der Waals surface area (Å²) < 4.78 is 0. The van der Waals surface area contributed by atoms with Crippen LogP contribution in [0, 0.1) is 11.3 Å². The van der Waals surface area contributed by atoms with Gasteiger partial charge in [0.15, 0.2) is 0 Å². The third-order valence-electron chi connectivity index (χ3n) is 3.32. The van der Waals surface area contributed by atoms with Gasteiger partial charge in [-0.2, -0.15) is 0 Å². The number of aliphatic carboxylic acids is 1. The first-order chi connectivity index (χ1) is 5.20. The Morgan fingerprint density at radius 2 is 2.09 bits per heavy atom. The zero-order valence-electron chi connectivity index (χ0n) is 6.68. The fourth-order valence-corrected chi connectivity index (χ4v) is 2.64. The highest BCUT2D eigenvalue weighted by molar-refractivity contribution is 5.67. The molecular formula is C9H14O2. The van der Waals surface area contributed by atoms with Crippen LogP contribution in [0.15, 0.2) is 0 Å². The van der Waals surface area contributed by atoms with Crippen molar-refractivity contribution >= 4 is 5.97 Å². The fourth-order valence-electron chi connectivity index (χ4n) is 2.64. The van der Waals surface area contributed by atoms with E-state index in [1.807, 2.05) is 0 Å². The zero-order chi connectivity index (χ0) is 7.90. The molecule has 0 saturated heterocycles. The van der Waals surface area contributed by atoms with E-state index in [1.165, 1.54) is 32.1 Å². The lowest BCUT2D eigenvalue weighted by Crippen LogP contribution is -2.43. The lowest BCUT2D eigenvalue weighted by Gasteiger charge is -2.54. The maximum Gasteiger partial charge on any atom is 0.303 e. The van der Waals surface area contributed by atoms with Crippen LogP contribution >= 0.6 is 0 Å². The van der Waals surface area contributed by atoms with Crippen molar-refractivity contribution in [2.45, 2.75) is 38.5 Å². The zero-order valence-corrected chi connectivity index (χ0v) is 6.68. The van der Waals surface area contributed by atoms with Gasteiger partial charge in [-0.3, -0.25) is 4.79 Å². The average molecular weight is 154 g/mol. The lowest BCUT2D eigenvalue weighted by molar-refractivity contribution is -0.141. The molecule has 2 saturated carbocycles. The first-order valence-corrected chi connectivity index (χ1v) is 4.42. The minimum atomic E-state index is -0.621. The van der Waals surface area contributed by atoms with E-state index in [4.69, 9.17) is 5.11 Å². The summed E-state index contributed by atoms with van der Waals surface area (Å²) in [6.07, 6.45) is 6.90. The molecule has 0 amide bonds. The summed E-state index contributed by atoms with van der Waals surface area (Å²) in [7, 11) is 0. The highest BCUT2D eigenvalue weighted by Gasteiger charge is 2.48. The van der Waals surface area contributed by atoms with Crippen LogP contribution in [0.3, 0.4) is 0 Å². The van der Waals surface area contributed by atoms with Crippen LogP contribution in [-0.4, -0.2) is 11.1 Å². The SMILES string of the molecule is O=C(O)CC1CC2(CCC2)C1. The second-order valence-corrected chi connectivity index (χ2v) is 4.23. The highest BCUT2D eigenvalue weighted by Crippen LogP contribution is 2.59. The third-order valence-corrected chi connectivity index (χ3v) is 3.32. The standard InChI is InChI=1S/C9H14O2/c10-8(11)4-7-5-9(6-7)2-1-3-9/h7H,1-6H2,(H,10,11). The van der Waals surface area contributed by atoms with Gasteiger partial charge in [-0.1, -0.05) is 6.42 Å². The van der Waals surface area contributed by atoms with Gasteiger partial charge in [-0.15, -0.1) is 0 Å². The second-order valence-electron chi connectivity index (χ2n) is 4.23. The summed E-state index contributed by atoms with van der Waals surface area (Å²) >= 11 is 0. The molecule has 0 aliphatic heterocycles. The lowest BCUT2D eigenvalue weighted by atomic mass is 9.51. The second kappa shape index (κ2) is 2.23. The van der Waals surface area contributed by atoms with E-state index in [1.54, 1.807) is 0 Å². The summed E-state index contributed by atoms with van der Waals surface area (Å²) in [5, 5.41) is 8.51. The Bertz CT molecular complexity index is 174. The summed E-state index contributed by atoms with van der Waals surface area (Å²) in [4.78, 5) is 10.3. The highest BCUT2D eigenvalue weighted by atomic mass is 16.4. The minimum absolute atomic E-state index is 0.405. The van der Waals surface area contributed by atoms with Crippen molar-refractivity contribution in [3.8, 4) is 0 Å². The van der Waals surface area contributed by atoms with E-state index >= 15 is 0 Å². The maximum absolute atomic E-state index is 10.3. The number of hydrogen-bond donors (Lipinski definition) is 1. The Morgan fingerprint density at radius 1 is 1.45 bits per heavy atom. The van der Waals surface area contributed by atoms with Crippen molar-refractivity contribution in [2.24, 2.45) is 11.3 Å². The molecule has 2 fully saturated rings. The molecule has 0 aromatic carbocycles. The summed E-state index contributed by atoms with van der Waals surface area (Å²) in [6.45, 7) is 0. The number of hydrogen-bond acceptors (Lipinski definition) is 1. The molecule has 1 N–H and O–H groups in total. The molecule has 11 heavy (non-hydrogen) atoms. The molecule has 0 radical (unpaired) electrons. The van der Waals surface area contributed by atoms with Gasteiger partial charge in [0.1, 0.15) is 0 Å². The van der Waals surface area contributed by atoms with Crippen LogP contribution in [-0.2, 0) is 4.79 Å². The van der Waals surface area contributed by atoms with E-state index in [2.05, 4.69) is 0 Å². The van der Waals surface area contributed by atoms with E-state index < -0.39 is 5.97 Å². The van der Waals surface area contributed by atoms with Gasteiger partial charge in [-0.25, -0.2) is 0 Å².